The molecule has 0 radical (unpaired) electrons. The van der Waals surface area contributed by atoms with Crippen molar-refractivity contribution < 1.29 is 4.74 Å². The lowest BCUT2D eigenvalue weighted by atomic mass is 10.0. The van der Waals surface area contributed by atoms with Crippen LogP contribution < -0.4 is 0 Å². The molecule has 0 saturated heterocycles. The number of fused-ring (bicyclic) bond motifs is 1. The van der Waals surface area contributed by atoms with Gasteiger partial charge in [-0.2, -0.15) is 0 Å². The van der Waals surface area contributed by atoms with E-state index in [0.29, 0.717) is 6.73 Å². The molecule has 0 unspecified atom stereocenters. The highest BCUT2D eigenvalue weighted by molar-refractivity contribution is 5.82. The number of benzene rings is 1. The van der Waals surface area contributed by atoms with E-state index < -0.39 is 0 Å². The van der Waals surface area contributed by atoms with Gasteiger partial charge >= 0.3 is 0 Å². The molecule has 1 saturated carbocycles. The van der Waals surface area contributed by atoms with Crippen molar-refractivity contribution in [3.8, 4) is 0 Å². The minimum Gasteiger partial charge on any atom is -0.364 e. The quantitative estimate of drug-likeness (QED) is 0.787. The molecule has 1 heterocycles. The Hall–Kier alpha value is -1.28. The van der Waals surface area contributed by atoms with E-state index in [1.54, 1.807) is 7.11 Å². The minimum absolute atomic E-state index is 0.665. The van der Waals surface area contributed by atoms with Gasteiger partial charge in [-0.15, -0.1) is 0 Å². The van der Waals surface area contributed by atoms with Crippen LogP contribution in [0.3, 0.4) is 0 Å². The van der Waals surface area contributed by atoms with Crippen molar-refractivity contribution in [2.45, 2.75) is 45.3 Å². The molecule has 1 aromatic carbocycles. The second-order valence-corrected chi connectivity index (χ2v) is 5.46. The first-order valence-corrected chi connectivity index (χ1v) is 6.88. The number of hydrogen-bond donors (Lipinski definition) is 0. The molecule has 18 heavy (non-hydrogen) atoms. The normalized spacial score (nSPS) is 16.8. The zero-order valence-corrected chi connectivity index (χ0v) is 11.3. The zero-order chi connectivity index (χ0) is 12.5. The number of hydrogen-bond acceptors (Lipinski definition) is 1. The Morgan fingerprint density at radius 3 is 2.72 bits per heavy atom. The van der Waals surface area contributed by atoms with Crippen LogP contribution >= 0.6 is 0 Å². The summed E-state index contributed by atoms with van der Waals surface area (Å²) in [4.78, 5) is 0. The van der Waals surface area contributed by atoms with Crippen molar-refractivity contribution >= 4 is 10.9 Å². The highest BCUT2D eigenvalue weighted by atomic mass is 16.5. The van der Waals surface area contributed by atoms with E-state index in [0.717, 1.165) is 5.92 Å². The molecule has 0 N–H and O–H groups in total. The Balaban J connectivity index is 2.13. The van der Waals surface area contributed by atoms with Gasteiger partial charge < -0.3 is 9.30 Å². The predicted molar refractivity (Wildman–Crippen MR) is 74.9 cm³/mol. The lowest BCUT2D eigenvalue weighted by Gasteiger charge is -2.14. The van der Waals surface area contributed by atoms with E-state index in [9.17, 15) is 0 Å². The topological polar surface area (TPSA) is 14.2 Å². The number of aryl methyl sites for hydroxylation is 1. The summed E-state index contributed by atoms with van der Waals surface area (Å²) in [5.74, 6) is 0.729. The van der Waals surface area contributed by atoms with E-state index >= 15 is 0 Å². The van der Waals surface area contributed by atoms with Gasteiger partial charge in [-0.3, -0.25) is 0 Å². The molecule has 0 aliphatic heterocycles. The smallest absolute Gasteiger partial charge is 0.122 e. The maximum atomic E-state index is 5.40. The third kappa shape index (κ3) is 1.95. The van der Waals surface area contributed by atoms with Gasteiger partial charge in [0.15, 0.2) is 0 Å². The fraction of sp³-hybridized carbons (Fsp3) is 0.500. The average Bonchev–Trinajstić information content (AvgIpc) is 2.98. The summed E-state index contributed by atoms with van der Waals surface area (Å²) < 4.78 is 7.76. The standard InChI is InChI=1S/C16H21NO/c1-12-7-8-14-10-16(13-5-3-4-6-13)17(11-18-2)15(14)9-12/h7-10,13H,3-6,11H2,1-2H3. The van der Waals surface area contributed by atoms with Crippen molar-refractivity contribution in [3.05, 3.63) is 35.5 Å². The summed E-state index contributed by atoms with van der Waals surface area (Å²) in [5.41, 5.74) is 4.10. The molecule has 1 aliphatic carbocycles. The highest BCUT2D eigenvalue weighted by Gasteiger charge is 2.21. The van der Waals surface area contributed by atoms with E-state index in [2.05, 4.69) is 35.8 Å². The number of methoxy groups -OCH3 is 1. The van der Waals surface area contributed by atoms with Crippen molar-refractivity contribution in [3.63, 3.8) is 0 Å². The molecule has 0 atom stereocenters. The lowest BCUT2D eigenvalue weighted by molar-refractivity contribution is 0.131. The third-order valence-corrected chi connectivity index (χ3v) is 4.12. The summed E-state index contributed by atoms with van der Waals surface area (Å²) in [6.07, 6.45) is 5.41. The van der Waals surface area contributed by atoms with Gasteiger partial charge in [-0.25, -0.2) is 0 Å². The maximum Gasteiger partial charge on any atom is 0.122 e. The summed E-state index contributed by atoms with van der Waals surface area (Å²) in [5, 5.41) is 1.35. The average molecular weight is 243 g/mol. The number of ether oxygens (including phenoxy) is 1. The molecule has 2 aromatic rings. The number of nitrogens with zero attached hydrogens (tertiary/aromatic N) is 1. The maximum absolute atomic E-state index is 5.40. The van der Waals surface area contributed by atoms with Gasteiger partial charge in [-0.1, -0.05) is 25.0 Å². The monoisotopic (exact) mass is 243 g/mol. The largest absolute Gasteiger partial charge is 0.364 e. The van der Waals surface area contributed by atoms with Crippen molar-refractivity contribution in [1.82, 2.24) is 4.57 Å². The van der Waals surface area contributed by atoms with Gasteiger partial charge in [0.25, 0.3) is 0 Å². The fourth-order valence-corrected chi connectivity index (χ4v) is 3.22. The molecule has 1 aromatic heterocycles. The first kappa shape index (κ1) is 11.8. The van der Waals surface area contributed by atoms with Crippen molar-refractivity contribution in [1.29, 1.82) is 0 Å². The molecule has 2 heteroatoms. The Labute approximate surface area is 109 Å². The second-order valence-electron chi connectivity index (χ2n) is 5.46. The summed E-state index contributed by atoms with van der Waals surface area (Å²) in [7, 11) is 1.78. The SMILES string of the molecule is COCn1c(C2CCCC2)cc2ccc(C)cc21. The summed E-state index contributed by atoms with van der Waals surface area (Å²) in [6.45, 7) is 2.82. The van der Waals surface area contributed by atoms with Crippen LogP contribution in [-0.4, -0.2) is 11.7 Å². The van der Waals surface area contributed by atoms with Crippen LogP contribution in [0.5, 0.6) is 0 Å². The Kier molecular flexibility index (Phi) is 3.13. The Bertz CT molecular complexity index is 549. The van der Waals surface area contributed by atoms with Gasteiger partial charge in [0.2, 0.25) is 0 Å². The number of aromatic nitrogens is 1. The van der Waals surface area contributed by atoms with Crippen LogP contribution in [0.1, 0.15) is 42.9 Å². The van der Waals surface area contributed by atoms with Gasteiger partial charge in [0.05, 0.1) is 5.52 Å². The van der Waals surface area contributed by atoms with E-state index in [1.807, 2.05) is 0 Å². The summed E-state index contributed by atoms with van der Waals surface area (Å²) in [6, 6.07) is 9.06. The molecule has 96 valence electrons. The zero-order valence-electron chi connectivity index (χ0n) is 11.3. The first-order chi connectivity index (χ1) is 8.79. The first-order valence-electron chi connectivity index (χ1n) is 6.88. The van der Waals surface area contributed by atoms with Crippen molar-refractivity contribution in [2.75, 3.05) is 7.11 Å². The molecular weight excluding hydrogens is 222 g/mol. The third-order valence-electron chi connectivity index (χ3n) is 4.12. The lowest BCUT2D eigenvalue weighted by Crippen LogP contribution is -2.07. The summed E-state index contributed by atoms with van der Waals surface area (Å²) >= 11 is 0. The van der Waals surface area contributed by atoms with Crippen LogP contribution in [0, 0.1) is 6.92 Å². The molecule has 1 fully saturated rings. The van der Waals surface area contributed by atoms with Crippen LogP contribution in [0.2, 0.25) is 0 Å². The van der Waals surface area contributed by atoms with Gasteiger partial charge in [-0.05, 0) is 48.8 Å². The van der Waals surface area contributed by atoms with Crippen LogP contribution in [0.15, 0.2) is 24.3 Å². The Morgan fingerprint density at radius 1 is 1.22 bits per heavy atom. The van der Waals surface area contributed by atoms with Crippen LogP contribution in [0.25, 0.3) is 10.9 Å². The van der Waals surface area contributed by atoms with Gasteiger partial charge in [0.1, 0.15) is 6.73 Å². The molecule has 0 bridgehead atoms. The van der Waals surface area contributed by atoms with E-state index in [4.69, 9.17) is 4.74 Å². The van der Waals surface area contributed by atoms with Crippen molar-refractivity contribution in [2.24, 2.45) is 0 Å². The minimum atomic E-state index is 0.665. The fourth-order valence-electron chi connectivity index (χ4n) is 3.22. The Morgan fingerprint density at radius 2 is 2.00 bits per heavy atom. The molecule has 3 rings (SSSR count). The molecule has 2 nitrogen and oxygen atoms in total. The molecule has 1 aliphatic rings. The molecule has 0 amide bonds. The van der Waals surface area contributed by atoms with E-state index in [1.165, 1.54) is 47.8 Å². The van der Waals surface area contributed by atoms with E-state index in [-0.39, 0.29) is 0 Å². The molecular formula is C16H21NO. The van der Waals surface area contributed by atoms with Crippen LogP contribution in [-0.2, 0) is 11.5 Å². The van der Waals surface area contributed by atoms with Gasteiger partial charge in [0, 0.05) is 12.8 Å². The second kappa shape index (κ2) is 4.77. The predicted octanol–water partition coefficient (Wildman–Crippen LogP) is 4.21. The molecule has 0 spiro atoms. The number of rotatable bonds is 3. The highest BCUT2D eigenvalue weighted by Crippen LogP contribution is 2.37. The van der Waals surface area contributed by atoms with Crippen LogP contribution in [0.4, 0.5) is 0 Å².